The molecule has 23 nitrogen and oxygen atoms in total. The van der Waals surface area contributed by atoms with Crippen LogP contribution in [0.5, 0.6) is 11.8 Å². The Morgan fingerprint density at radius 2 is 1.09 bits per heavy atom. The molecule has 23 heteroatoms. The average molecular weight is 1100 g/mol. The lowest BCUT2D eigenvalue weighted by Gasteiger charge is -2.56. The highest BCUT2D eigenvalue weighted by atomic mass is 16.5. The molecule has 4 atom stereocenters. The van der Waals surface area contributed by atoms with Gasteiger partial charge in [0.1, 0.15) is 29.4 Å². The largest absolute Gasteiger partial charge is 0.481 e. The fourth-order valence-corrected chi connectivity index (χ4v) is 10.6. The van der Waals surface area contributed by atoms with Gasteiger partial charge in [0, 0.05) is 123 Å². The number of nitrogens with two attached hydrogens (primary N) is 1. The van der Waals surface area contributed by atoms with E-state index in [2.05, 4.69) is 75.4 Å². The van der Waals surface area contributed by atoms with E-state index in [1.54, 1.807) is 54.1 Å². The summed E-state index contributed by atoms with van der Waals surface area (Å²) in [6.45, 7) is 10.8. The molecule has 0 aromatic carbocycles. The number of amides is 1. The SMILES string of the molecule is CC(C)(O)C(=O)O.COc1ccc(CN2C3CC2CN(c2ccc(-c4cc(N)cn5ncc(C#N)c45)cn2)C3)cn1.COc1ccc(CN2C3CC2CN(c2ccc(-c4cc(NC(=O)C(C)(C)O)cn5ncc(C#N)c45)cn2)C3)cn1. The van der Waals surface area contributed by atoms with Crippen LogP contribution in [0.15, 0.2) is 110 Å². The van der Waals surface area contributed by atoms with Gasteiger partial charge in [-0.15, -0.1) is 0 Å². The first-order valence-electron chi connectivity index (χ1n) is 26.3. The van der Waals surface area contributed by atoms with E-state index in [0.29, 0.717) is 69.5 Å². The lowest BCUT2D eigenvalue weighted by molar-refractivity contribution is -0.154. The number of fused-ring (bicyclic) bond motifs is 6. The number of aromatic nitrogens is 8. The number of aliphatic hydroxyl groups is 2. The number of carbonyl (C=O) groups is 2. The van der Waals surface area contributed by atoms with Crippen LogP contribution >= 0.6 is 0 Å². The van der Waals surface area contributed by atoms with Crippen LogP contribution in [0.4, 0.5) is 23.0 Å². The number of carbonyl (C=O) groups excluding carboxylic acids is 1. The minimum absolute atomic E-state index is 0.419. The van der Waals surface area contributed by atoms with E-state index in [9.17, 15) is 25.2 Å². The molecule has 6 saturated heterocycles. The molecule has 416 valence electrons. The van der Waals surface area contributed by atoms with Crippen LogP contribution in [0.25, 0.3) is 33.3 Å². The zero-order valence-electron chi connectivity index (χ0n) is 45.7. The smallest absolute Gasteiger partial charge is 0.335 e. The maximum atomic E-state index is 12.4. The average Bonchev–Trinajstić information content (AvgIpc) is 4.26. The van der Waals surface area contributed by atoms with Crippen LogP contribution in [0.1, 0.15) is 62.8 Å². The molecule has 81 heavy (non-hydrogen) atoms. The number of hydrogen-bond acceptors (Lipinski definition) is 19. The predicted octanol–water partition coefficient (Wildman–Crippen LogP) is 5.40. The molecule has 4 unspecified atom stereocenters. The number of ether oxygens (including phenoxy) is 2. The Morgan fingerprint density at radius 3 is 1.46 bits per heavy atom. The Bertz CT molecular complexity index is 3650. The fourth-order valence-electron chi connectivity index (χ4n) is 10.6. The van der Waals surface area contributed by atoms with Gasteiger partial charge in [0.15, 0.2) is 5.60 Å². The molecular weight excluding hydrogens is 1030 g/mol. The molecule has 0 spiro atoms. The van der Waals surface area contributed by atoms with Crippen LogP contribution in [0.3, 0.4) is 0 Å². The number of pyridine rings is 6. The number of nitrogen functional groups attached to an aromatic ring is 1. The molecule has 6 N–H and O–H groups in total. The summed E-state index contributed by atoms with van der Waals surface area (Å²) in [4.78, 5) is 50.2. The van der Waals surface area contributed by atoms with Gasteiger partial charge in [0.2, 0.25) is 11.8 Å². The van der Waals surface area contributed by atoms with Crippen LogP contribution in [-0.4, -0.2) is 152 Å². The Hall–Kier alpha value is -9.26. The predicted molar refractivity (Wildman–Crippen MR) is 301 cm³/mol. The number of hydrogen-bond donors (Lipinski definition) is 5. The van der Waals surface area contributed by atoms with Crippen molar-refractivity contribution in [2.45, 2.75) is 89.0 Å². The zero-order chi connectivity index (χ0) is 57.3. The summed E-state index contributed by atoms with van der Waals surface area (Å²) in [5, 5.41) is 57.0. The van der Waals surface area contributed by atoms with Crippen LogP contribution in [0, 0.1) is 22.7 Å². The number of nitrogens with zero attached hydrogens (tertiary/aromatic N) is 14. The lowest BCUT2D eigenvalue weighted by Crippen LogP contribution is -2.68. The minimum Gasteiger partial charge on any atom is -0.481 e. The van der Waals surface area contributed by atoms with Gasteiger partial charge in [-0.25, -0.2) is 33.8 Å². The number of methoxy groups -OCH3 is 2. The van der Waals surface area contributed by atoms with Crippen molar-refractivity contribution in [3.8, 4) is 46.2 Å². The highest BCUT2D eigenvalue weighted by Crippen LogP contribution is 2.39. The second-order valence-electron chi connectivity index (χ2n) is 21.6. The molecule has 8 aromatic rings. The number of nitriles is 2. The van der Waals surface area contributed by atoms with E-state index in [1.165, 1.54) is 57.9 Å². The van der Waals surface area contributed by atoms with Gasteiger partial charge >= 0.3 is 5.97 Å². The van der Waals surface area contributed by atoms with E-state index in [0.717, 1.165) is 73.1 Å². The number of piperazine rings is 2. The highest BCUT2D eigenvalue weighted by molar-refractivity contribution is 5.98. The van der Waals surface area contributed by atoms with Crippen molar-refractivity contribution >= 4 is 45.9 Å². The molecule has 0 radical (unpaired) electrons. The molecule has 6 aliphatic rings. The third-order valence-corrected chi connectivity index (χ3v) is 15.0. The molecule has 4 bridgehead atoms. The van der Waals surface area contributed by atoms with Gasteiger partial charge in [-0.1, -0.05) is 12.1 Å². The summed E-state index contributed by atoms with van der Waals surface area (Å²) in [7, 11) is 3.25. The van der Waals surface area contributed by atoms with Crippen LogP contribution < -0.4 is 30.3 Å². The van der Waals surface area contributed by atoms with Crippen molar-refractivity contribution in [3.63, 3.8) is 0 Å². The Morgan fingerprint density at radius 1 is 0.642 bits per heavy atom. The second kappa shape index (κ2) is 22.5. The van der Waals surface area contributed by atoms with E-state index in [4.69, 9.17) is 35.4 Å². The normalized spacial score (nSPS) is 18.4. The third kappa shape index (κ3) is 11.7. The topological polar surface area (TPSA) is 298 Å². The van der Waals surface area contributed by atoms with Crippen molar-refractivity contribution in [1.82, 2.24) is 49.0 Å². The Kier molecular flexibility index (Phi) is 15.3. The number of carboxylic acids is 1. The molecule has 6 aliphatic heterocycles. The zero-order valence-corrected chi connectivity index (χ0v) is 45.7. The first kappa shape index (κ1) is 55.1. The van der Waals surface area contributed by atoms with Gasteiger partial charge < -0.3 is 45.6 Å². The lowest BCUT2D eigenvalue weighted by atomic mass is 9.87. The van der Waals surface area contributed by atoms with E-state index in [-0.39, 0.29) is 0 Å². The first-order chi connectivity index (χ1) is 38.8. The maximum absolute atomic E-state index is 12.4. The van der Waals surface area contributed by atoms with Gasteiger partial charge in [-0.3, -0.25) is 14.6 Å². The summed E-state index contributed by atoms with van der Waals surface area (Å²) in [5.74, 6) is 1.40. The Balaban J connectivity index is 0.000000164. The second-order valence-corrected chi connectivity index (χ2v) is 21.6. The summed E-state index contributed by atoms with van der Waals surface area (Å²) in [6, 6.07) is 26.1. The van der Waals surface area contributed by atoms with Crippen molar-refractivity contribution < 1.29 is 34.4 Å². The first-order valence-corrected chi connectivity index (χ1v) is 26.3. The third-order valence-electron chi connectivity index (χ3n) is 15.0. The fraction of sp³-hybridized carbons (Fsp3) is 0.345. The van der Waals surface area contributed by atoms with Crippen molar-refractivity contribution in [1.29, 1.82) is 10.5 Å². The molecule has 6 fully saturated rings. The van der Waals surface area contributed by atoms with Gasteiger partial charge in [-0.2, -0.15) is 20.7 Å². The molecule has 8 aromatic heterocycles. The Labute approximate surface area is 467 Å². The molecule has 0 saturated carbocycles. The quantitative estimate of drug-likeness (QED) is 0.0965. The standard InChI is InChI=1S/C29H30N8O3.C25H24N8O.C4H8O3/c1-29(2,39)28(38)34-21-8-24(27-20(10-30)13-33-37(27)15-21)19-5-6-25(31-12-19)35-16-22-9-23(17-35)36(22)14-18-4-7-26(40-3)32-11-18;1-34-24-5-2-16(9-29-24)12-32-20-7-21(32)15-31(14-20)23-4-3-17(10-28-23)22-6-19(27)13-33-25(22)18(8-26)11-30-33;1-4(2,7)3(5)6/h4-8,11-13,15,22-23,39H,9,14,16-17H2,1-3H3,(H,34,38);2-6,9-11,13,20-21H,7,12,14-15,27H2,1H3;7H,1-2H3,(H,5,6). The van der Waals surface area contributed by atoms with Crippen molar-refractivity contribution in [2.24, 2.45) is 0 Å². The molecular formula is C58H62N16O7. The number of carboxylic acid groups (broad SMARTS) is 1. The van der Waals surface area contributed by atoms with Crippen molar-refractivity contribution in [2.75, 3.05) is 61.2 Å². The number of piperidine rings is 2. The summed E-state index contributed by atoms with van der Waals surface area (Å²) >= 11 is 0. The van der Waals surface area contributed by atoms with Gasteiger partial charge in [0.05, 0.1) is 72.5 Å². The molecule has 0 aliphatic carbocycles. The summed E-state index contributed by atoms with van der Waals surface area (Å²) in [5.41, 5.74) is 11.9. The van der Waals surface area contributed by atoms with Crippen molar-refractivity contribution in [3.05, 3.63) is 132 Å². The monoisotopic (exact) mass is 1090 g/mol. The van der Waals surface area contributed by atoms with E-state index >= 15 is 0 Å². The van der Waals surface area contributed by atoms with Gasteiger partial charge in [0.25, 0.3) is 5.91 Å². The van der Waals surface area contributed by atoms with Gasteiger partial charge in [-0.05, 0) is 88.1 Å². The summed E-state index contributed by atoms with van der Waals surface area (Å²) in [6.07, 6.45) is 16.2. The highest BCUT2D eigenvalue weighted by Gasteiger charge is 2.46. The number of aliphatic carboxylic acids is 1. The van der Waals surface area contributed by atoms with Crippen LogP contribution in [0.2, 0.25) is 0 Å². The number of nitrogens with one attached hydrogen (secondary N) is 1. The minimum atomic E-state index is -1.58. The molecule has 14 heterocycles. The number of rotatable bonds is 13. The molecule has 1 amide bonds. The summed E-state index contributed by atoms with van der Waals surface area (Å²) < 4.78 is 13.5. The van der Waals surface area contributed by atoms with E-state index in [1.807, 2.05) is 55.0 Å². The molecule has 14 rings (SSSR count). The maximum Gasteiger partial charge on any atom is 0.335 e. The number of anilines is 4. The van der Waals surface area contributed by atoms with Crippen LogP contribution in [-0.2, 0) is 22.7 Å². The van der Waals surface area contributed by atoms with E-state index < -0.39 is 23.1 Å².